The Kier molecular flexibility index (Phi) is 6.91. The molecule has 3 heterocycles. The van der Waals surface area contributed by atoms with E-state index in [0.29, 0.717) is 51.8 Å². The third-order valence-electron chi connectivity index (χ3n) is 4.72. The van der Waals surface area contributed by atoms with Gasteiger partial charge in [0, 0.05) is 31.5 Å². The van der Waals surface area contributed by atoms with Gasteiger partial charge in [-0.1, -0.05) is 13.8 Å². The number of nitrogens with zero attached hydrogens (tertiary/aromatic N) is 2. The van der Waals surface area contributed by atoms with Crippen molar-refractivity contribution in [3.63, 3.8) is 0 Å². The lowest BCUT2D eigenvalue weighted by Crippen LogP contribution is -2.27. The Morgan fingerprint density at radius 3 is 2.71 bits per heavy atom. The first-order valence-corrected chi connectivity index (χ1v) is 10.7. The Morgan fingerprint density at radius 1 is 1.35 bits per heavy atom. The molecule has 3 rings (SSSR count). The van der Waals surface area contributed by atoms with Gasteiger partial charge in [0.2, 0.25) is 5.43 Å². The number of thiophene rings is 1. The number of carbonyl (C=O) groups excluding carboxylic acids is 1. The van der Waals surface area contributed by atoms with Crippen molar-refractivity contribution in [1.29, 1.82) is 0 Å². The number of aryl methyl sites for hydroxylation is 1. The lowest BCUT2D eigenvalue weighted by molar-refractivity contribution is 0.100. The summed E-state index contributed by atoms with van der Waals surface area (Å²) in [4.78, 5) is 45.9. The summed E-state index contributed by atoms with van der Waals surface area (Å²) in [6, 6.07) is 1.42. The highest BCUT2D eigenvalue weighted by Crippen LogP contribution is 2.27. The standard InChI is InChI=1S/C21H26N4O5S/c1-11(2)10-30-15-8-23-13(7-14(15)26)9-25-16(5-6-29-4)24-20-17(21(25)28)12(3)18(31-20)19(22)27/h7-8,11H,5-6,9-10H2,1-4H3,(H2,22,27)(H,23,26). The molecular formula is C21H26N4O5S. The van der Waals surface area contributed by atoms with Gasteiger partial charge >= 0.3 is 0 Å². The van der Waals surface area contributed by atoms with Gasteiger partial charge in [0.05, 0.1) is 30.0 Å². The smallest absolute Gasteiger partial charge is 0.262 e. The number of amides is 1. The fraction of sp³-hybridized carbons (Fsp3) is 0.429. The van der Waals surface area contributed by atoms with Gasteiger partial charge in [-0.15, -0.1) is 11.3 Å². The summed E-state index contributed by atoms with van der Waals surface area (Å²) in [6.07, 6.45) is 1.90. The number of primary amides is 1. The number of fused-ring (bicyclic) bond motifs is 1. The van der Waals surface area contributed by atoms with E-state index in [2.05, 4.69) is 9.97 Å². The Labute approximate surface area is 182 Å². The van der Waals surface area contributed by atoms with Gasteiger partial charge < -0.3 is 20.2 Å². The topological polar surface area (TPSA) is 129 Å². The Morgan fingerprint density at radius 2 is 2.10 bits per heavy atom. The molecule has 10 heteroatoms. The summed E-state index contributed by atoms with van der Waals surface area (Å²) < 4.78 is 12.2. The number of nitrogens with two attached hydrogens (primary N) is 1. The molecule has 9 nitrogen and oxygen atoms in total. The Balaban J connectivity index is 2.05. The maximum absolute atomic E-state index is 13.3. The summed E-state index contributed by atoms with van der Waals surface area (Å²) in [6.45, 7) is 6.59. The zero-order valence-corrected chi connectivity index (χ0v) is 18.8. The molecule has 0 fully saturated rings. The van der Waals surface area contributed by atoms with Gasteiger partial charge in [0.15, 0.2) is 5.75 Å². The molecule has 0 spiro atoms. The van der Waals surface area contributed by atoms with Crippen LogP contribution >= 0.6 is 11.3 Å². The molecule has 0 aliphatic rings. The van der Waals surface area contributed by atoms with E-state index in [9.17, 15) is 14.4 Å². The highest BCUT2D eigenvalue weighted by Gasteiger charge is 2.20. The van der Waals surface area contributed by atoms with Crippen molar-refractivity contribution in [1.82, 2.24) is 14.5 Å². The van der Waals surface area contributed by atoms with Crippen molar-refractivity contribution in [2.24, 2.45) is 11.7 Å². The quantitative estimate of drug-likeness (QED) is 0.516. The highest BCUT2D eigenvalue weighted by atomic mass is 32.1. The molecular weight excluding hydrogens is 420 g/mol. The summed E-state index contributed by atoms with van der Waals surface area (Å²) >= 11 is 1.11. The second-order valence-corrected chi connectivity index (χ2v) is 8.65. The van der Waals surface area contributed by atoms with E-state index in [1.54, 1.807) is 14.0 Å². The number of nitrogens with one attached hydrogen (secondary N) is 1. The Bertz CT molecular complexity index is 1220. The number of pyridine rings is 1. The van der Waals surface area contributed by atoms with Crippen LogP contribution in [0.1, 0.15) is 40.6 Å². The first kappa shape index (κ1) is 22.7. The normalized spacial score (nSPS) is 11.4. The second-order valence-electron chi connectivity index (χ2n) is 7.65. The van der Waals surface area contributed by atoms with E-state index in [1.807, 2.05) is 13.8 Å². The number of carbonyl (C=O) groups is 1. The molecule has 166 valence electrons. The zero-order valence-electron chi connectivity index (χ0n) is 18.0. The molecule has 3 aromatic rings. The predicted molar refractivity (Wildman–Crippen MR) is 119 cm³/mol. The van der Waals surface area contributed by atoms with Gasteiger partial charge in [-0.3, -0.25) is 19.0 Å². The minimum absolute atomic E-state index is 0.113. The first-order valence-electron chi connectivity index (χ1n) is 9.88. The molecule has 0 radical (unpaired) electrons. The average molecular weight is 447 g/mol. The van der Waals surface area contributed by atoms with Gasteiger partial charge in [0.1, 0.15) is 10.7 Å². The van der Waals surface area contributed by atoms with Crippen molar-refractivity contribution in [3.8, 4) is 5.75 Å². The minimum Gasteiger partial charge on any atom is -0.488 e. The molecule has 0 atom stereocenters. The van der Waals surface area contributed by atoms with Crippen LogP contribution in [0.4, 0.5) is 0 Å². The lowest BCUT2D eigenvalue weighted by atomic mass is 10.2. The van der Waals surface area contributed by atoms with Crippen LogP contribution in [0.15, 0.2) is 21.9 Å². The van der Waals surface area contributed by atoms with Crippen LogP contribution in [-0.4, -0.2) is 40.8 Å². The SMILES string of the molecule is COCCc1nc2sc(C(N)=O)c(C)c2c(=O)n1Cc1cc(=O)c(OCC(C)C)c[nH]1. The summed E-state index contributed by atoms with van der Waals surface area (Å²) in [7, 11) is 1.56. The van der Waals surface area contributed by atoms with Crippen molar-refractivity contribution in [2.75, 3.05) is 20.3 Å². The number of H-pyrrole nitrogens is 1. The van der Waals surface area contributed by atoms with E-state index >= 15 is 0 Å². The van der Waals surface area contributed by atoms with Crippen LogP contribution in [0.3, 0.4) is 0 Å². The van der Waals surface area contributed by atoms with Gasteiger partial charge in [-0.2, -0.15) is 0 Å². The maximum Gasteiger partial charge on any atom is 0.262 e. The molecule has 3 N–H and O–H groups in total. The number of aromatic amines is 1. The number of aromatic nitrogens is 3. The molecule has 0 unspecified atom stereocenters. The Hall–Kier alpha value is -2.98. The van der Waals surface area contributed by atoms with E-state index in [1.165, 1.54) is 16.8 Å². The van der Waals surface area contributed by atoms with Crippen LogP contribution in [0.2, 0.25) is 0 Å². The lowest BCUT2D eigenvalue weighted by Gasteiger charge is -2.13. The number of methoxy groups -OCH3 is 1. The first-order chi connectivity index (χ1) is 14.7. The second kappa shape index (κ2) is 9.44. The molecule has 3 aromatic heterocycles. The van der Waals surface area contributed by atoms with Crippen LogP contribution in [0.5, 0.6) is 5.75 Å². The van der Waals surface area contributed by atoms with Crippen molar-refractivity contribution >= 4 is 27.5 Å². The number of ether oxygens (including phenoxy) is 2. The van der Waals surface area contributed by atoms with Gasteiger partial charge in [0.25, 0.3) is 11.5 Å². The van der Waals surface area contributed by atoms with E-state index < -0.39 is 5.91 Å². The van der Waals surface area contributed by atoms with Crippen molar-refractivity contribution < 1.29 is 14.3 Å². The van der Waals surface area contributed by atoms with Crippen molar-refractivity contribution in [3.05, 3.63) is 54.8 Å². The molecule has 31 heavy (non-hydrogen) atoms. The number of hydrogen-bond donors (Lipinski definition) is 2. The monoisotopic (exact) mass is 446 g/mol. The molecule has 1 amide bonds. The summed E-state index contributed by atoms with van der Waals surface area (Å²) in [5.74, 6) is 0.430. The molecule has 0 aliphatic carbocycles. The van der Waals surface area contributed by atoms with Crippen LogP contribution < -0.4 is 21.5 Å². The largest absolute Gasteiger partial charge is 0.488 e. The third-order valence-corrected chi connectivity index (χ3v) is 5.92. The molecule has 0 bridgehead atoms. The van der Waals surface area contributed by atoms with Gasteiger partial charge in [-0.05, 0) is 18.4 Å². The zero-order chi connectivity index (χ0) is 22.7. The highest BCUT2D eigenvalue weighted by molar-refractivity contribution is 7.20. The fourth-order valence-electron chi connectivity index (χ4n) is 3.17. The van der Waals surface area contributed by atoms with Crippen LogP contribution in [0.25, 0.3) is 10.2 Å². The minimum atomic E-state index is -0.591. The van der Waals surface area contributed by atoms with Crippen molar-refractivity contribution in [2.45, 2.75) is 33.7 Å². The number of hydrogen-bond acceptors (Lipinski definition) is 7. The molecule has 0 aromatic carbocycles. The fourth-order valence-corrected chi connectivity index (χ4v) is 4.21. The van der Waals surface area contributed by atoms with E-state index in [4.69, 9.17) is 15.2 Å². The van der Waals surface area contributed by atoms with E-state index in [0.717, 1.165) is 11.3 Å². The summed E-state index contributed by atoms with van der Waals surface area (Å²) in [5, 5.41) is 0.360. The molecule has 0 aliphatic heterocycles. The van der Waals surface area contributed by atoms with Crippen LogP contribution in [-0.2, 0) is 17.7 Å². The number of rotatable bonds is 9. The molecule has 0 saturated carbocycles. The average Bonchev–Trinajstić information content (AvgIpc) is 3.04. The summed E-state index contributed by atoms with van der Waals surface area (Å²) in [5.41, 5.74) is 5.94. The molecule has 0 saturated heterocycles. The van der Waals surface area contributed by atoms with E-state index in [-0.39, 0.29) is 29.2 Å². The van der Waals surface area contributed by atoms with Gasteiger partial charge in [-0.25, -0.2) is 4.98 Å². The third kappa shape index (κ3) is 4.86. The van der Waals surface area contributed by atoms with Crippen LogP contribution in [0, 0.1) is 12.8 Å². The maximum atomic E-state index is 13.3. The predicted octanol–water partition coefficient (Wildman–Crippen LogP) is 1.83.